The van der Waals surface area contributed by atoms with Gasteiger partial charge in [0.2, 0.25) is 0 Å². The highest BCUT2D eigenvalue weighted by molar-refractivity contribution is 6.31. The van der Waals surface area contributed by atoms with Crippen molar-refractivity contribution in [2.75, 3.05) is 20.8 Å². The molecule has 3 N–H and O–H groups in total. The third-order valence-corrected chi connectivity index (χ3v) is 16.0. The molecule has 58 heavy (non-hydrogen) atoms. The highest BCUT2D eigenvalue weighted by atomic mass is 35.5. The number of ketones is 1. The minimum absolute atomic E-state index is 0.0538. The maximum Gasteiger partial charge on any atom is 0.318 e. The van der Waals surface area contributed by atoms with Gasteiger partial charge in [-0.15, -0.1) is 0 Å². The number of ether oxygens (including phenoxy) is 2. The number of hydrogen-bond acceptors (Lipinski definition) is 6. The third-order valence-electron chi connectivity index (χ3n) is 15.6. The Kier molecular flexibility index (Phi) is 10.4. The topological polar surface area (TPSA) is 108 Å². The molecular formula is C48H56ClFN2O6. The van der Waals surface area contributed by atoms with E-state index in [1.165, 1.54) is 6.07 Å². The molecule has 2 spiro atoms. The Morgan fingerprint density at radius 2 is 1.67 bits per heavy atom. The summed E-state index contributed by atoms with van der Waals surface area (Å²) in [7, 11) is 3.18. The van der Waals surface area contributed by atoms with E-state index in [1.54, 1.807) is 37.3 Å². The molecule has 0 heterocycles. The summed E-state index contributed by atoms with van der Waals surface area (Å²) in [4.78, 5) is 31.1. The molecule has 9 unspecified atom stereocenters. The molecule has 9 rings (SSSR count). The average molecular weight is 811 g/mol. The van der Waals surface area contributed by atoms with Crippen LogP contribution in [0.25, 0.3) is 0 Å². The van der Waals surface area contributed by atoms with Crippen LogP contribution in [0.2, 0.25) is 5.02 Å². The Morgan fingerprint density at radius 3 is 2.40 bits per heavy atom. The Morgan fingerprint density at radius 1 is 0.948 bits per heavy atom. The molecule has 0 aromatic heterocycles. The molecule has 3 aromatic carbocycles. The van der Waals surface area contributed by atoms with Crippen molar-refractivity contribution in [1.82, 2.24) is 10.2 Å². The standard InChI is InChI=1S/C48H56ClFN2O6/c1-30(31-10-7-6-8-11-31)51-43(55)52(28-32-14-15-34(57-4)24-40(32)58-5)29-47(56)21-18-42-45(47,3)20-17-41-44(2)19-16-33(53)26-46(44)22-23-48(41,42)36(27-46)39(54)25-35-37(49)12-9-13-38(35)50/h6-15,22-24,27,30,33,41-42,53,56H,16-21,25-26,28-29H2,1-5H3,(H,51,55). The van der Waals surface area contributed by atoms with Gasteiger partial charge >= 0.3 is 6.03 Å². The molecule has 8 nitrogen and oxygen atoms in total. The number of hydrogen-bond donors (Lipinski definition) is 3. The molecule has 10 heteroatoms. The summed E-state index contributed by atoms with van der Waals surface area (Å²) in [6.45, 7) is 6.66. The smallest absolute Gasteiger partial charge is 0.318 e. The number of methoxy groups -OCH3 is 2. The first kappa shape index (κ1) is 40.6. The Hall–Kier alpha value is -4.18. The van der Waals surface area contributed by atoms with Gasteiger partial charge in [0.1, 0.15) is 17.3 Å². The Labute approximate surface area is 346 Å². The van der Waals surface area contributed by atoms with Gasteiger partial charge in [-0.05, 0) is 98.9 Å². The van der Waals surface area contributed by atoms with E-state index in [0.29, 0.717) is 49.2 Å². The molecule has 9 atom stereocenters. The number of carbonyl (C=O) groups excluding carboxylic acids is 2. The monoisotopic (exact) mass is 810 g/mol. The van der Waals surface area contributed by atoms with Crippen molar-refractivity contribution >= 4 is 23.4 Å². The van der Waals surface area contributed by atoms with Gasteiger partial charge in [0, 0.05) is 50.5 Å². The van der Waals surface area contributed by atoms with Crippen LogP contribution in [0, 0.1) is 39.3 Å². The van der Waals surface area contributed by atoms with E-state index in [2.05, 4.69) is 37.4 Å². The number of rotatable bonds is 11. The normalized spacial score (nSPS) is 33.6. The molecule has 308 valence electrons. The third kappa shape index (κ3) is 6.21. The highest BCUT2D eigenvalue weighted by Gasteiger charge is 2.74. The minimum atomic E-state index is -1.32. The lowest BCUT2D eigenvalue weighted by Crippen LogP contribution is -2.67. The summed E-state index contributed by atoms with van der Waals surface area (Å²) < 4.78 is 26.5. The fourth-order valence-electron chi connectivity index (χ4n) is 12.4. The number of Topliss-reactive ketones (excluding diaryl/α,β-unsaturated/α-hetero) is 1. The average Bonchev–Trinajstić information content (AvgIpc) is 3.48. The summed E-state index contributed by atoms with van der Waals surface area (Å²) in [5, 5.41) is 27.8. The first-order chi connectivity index (χ1) is 27.6. The van der Waals surface area contributed by atoms with Crippen LogP contribution < -0.4 is 14.8 Å². The predicted octanol–water partition coefficient (Wildman–Crippen LogP) is 9.17. The number of aliphatic hydroxyl groups excluding tert-OH is 1. The predicted molar refractivity (Wildman–Crippen MR) is 222 cm³/mol. The molecule has 0 saturated heterocycles. The van der Waals surface area contributed by atoms with Crippen molar-refractivity contribution in [2.45, 2.75) is 96.4 Å². The number of urea groups is 1. The van der Waals surface area contributed by atoms with Gasteiger partial charge in [-0.2, -0.15) is 0 Å². The van der Waals surface area contributed by atoms with Gasteiger partial charge in [-0.3, -0.25) is 4.79 Å². The van der Waals surface area contributed by atoms with Crippen molar-refractivity contribution < 1.29 is 33.7 Å². The number of aliphatic hydroxyl groups is 2. The number of nitrogens with zero attached hydrogens (tertiary/aromatic N) is 1. The molecule has 0 aliphatic heterocycles. The van der Waals surface area contributed by atoms with E-state index >= 15 is 4.39 Å². The lowest BCUT2D eigenvalue weighted by molar-refractivity contribution is -0.177. The zero-order valence-corrected chi connectivity index (χ0v) is 34.9. The molecule has 6 aliphatic carbocycles. The van der Waals surface area contributed by atoms with Crippen molar-refractivity contribution in [3.63, 3.8) is 0 Å². The minimum Gasteiger partial charge on any atom is -0.497 e. The zero-order valence-electron chi connectivity index (χ0n) is 34.2. The Balaban J connectivity index is 1.18. The number of allylic oxidation sites excluding steroid dienone is 4. The summed E-state index contributed by atoms with van der Waals surface area (Å²) in [5.41, 5.74) is -0.958. The molecule has 3 saturated carbocycles. The van der Waals surface area contributed by atoms with Gasteiger partial charge in [-0.1, -0.05) is 80.1 Å². The fraction of sp³-hybridized carbons (Fsp3) is 0.500. The molecule has 6 aliphatic rings. The first-order valence-corrected chi connectivity index (χ1v) is 21.1. The van der Waals surface area contributed by atoms with Crippen molar-refractivity contribution in [3.8, 4) is 11.5 Å². The summed E-state index contributed by atoms with van der Waals surface area (Å²) >= 11 is 6.52. The van der Waals surface area contributed by atoms with E-state index in [-0.39, 0.29) is 65.2 Å². The lowest BCUT2D eigenvalue weighted by Gasteiger charge is -2.71. The second kappa shape index (κ2) is 14.8. The van der Waals surface area contributed by atoms with E-state index < -0.39 is 33.8 Å². The SMILES string of the molecule is COc1ccc(CN(CC2(O)CCC3C45C=CC6(C=C4C(=O)Cc4c(F)cccc4Cl)CC(O)CCC6(C)C5CCC32C)C(=O)NC(C)c2ccccc2)c(OC)c1. The van der Waals surface area contributed by atoms with Crippen LogP contribution >= 0.6 is 11.6 Å². The largest absolute Gasteiger partial charge is 0.497 e. The molecule has 2 bridgehead atoms. The van der Waals surface area contributed by atoms with E-state index in [4.69, 9.17) is 21.1 Å². The van der Waals surface area contributed by atoms with E-state index in [1.807, 2.05) is 49.4 Å². The number of amides is 2. The Bertz CT molecular complexity index is 2140. The van der Waals surface area contributed by atoms with Crippen LogP contribution in [0.4, 0.5) is 9.18 Å². The van der Waals surface area contributed by atoms with E-state index in [9.17, 15) is 19.8 Å². The van der Waals surface area contributed by atoms with Crippen LogP contribution in [-0.4, -0.2) is 59.4 Å². The van der Waals surface area contributed by atoms with Gasteiger partial charge in [-0.25, -0.2) is 9.18 Å². The molecule has 3 aromatic rings. The van der Waals surface area contributed by atoms with Crippen molar-refractivity contribution in [2.24, 2.45) is 33.5 Å². The number of nitrogens with one attached hydrogen (secondary N) is 1. The number of halogens is 2. The van der Waals surface area contributed by atoms with Crippen LogP contribution in [0.5, 0.6) is 11.5 Å². The zero-order chi connectivity index (χ0) is 41.3. The highest BCUT2D eigenvalue weighted by Crippen LogP contribution is 2.78. The molecule has 3 fully saturated rings. The molecule has 0 radical (unpaired) electrons. The molecular weight excluding hydrogens is 755 g/mol. The van der Waals surface area contributed by atoms with Crippen molar-refractivity contribution in [3.05, 3.63) is 118 Å². The van der Waals surface area contributed by atoms with Gasteiger partial charge in [0.05, 0.1) is 45.1 Å². The fourth-order valence-corrected chi connectivity index (χ4v) is 12.6. The van der Waals surface area contributed by atoms with Crippen LogP contribution in [-0.2, 0) is 17.8 Å². The number of carbonyl (C=O) groups is 2. The summed E-state index contributed by atoms with van der Waals surface area (Å²) in [6, 6.07) is 19.2. The number of fused-ring (bicyclic) bond motifs is 1. The number of benzene rings is 3. The lowest BCUT2D eigenvalue weighted by atomic mass is 9.32. The van der Waals surface area contributed by atoms with Crippen LogP contribution in [0.1, 0.15) is 88.4 Å². The summed E-state index contributed by atoms with van der Waals surface area (Å²) in [5.74, 6) is 0.418. The van der Waals surface area contributed by atoms with Crippen molar-refractivity contribution in [1.29, 1.82) is 0 Å². The second-order valence-corrected chi connectivity index (χ2v) is 18.6. The molecule has 2 amide bonds. The first-order valence-electron chi connectivity index (χ1n) is 20.8. The van der Waals surface area contributed by atoms with E-state index in [0.717, 1.165) is 24.0 Å². The quantitative estimate of drug-likeness (QED) is 0.167. The van der Waals surface area contributed by atoms with Gasteiger partial charge in [0.25, 0.3) is 0 Å². The van der Waals surface area contributed by atoms with Crippen LogP contribution in [0.3, 0.4) is 0 Å². The maximum absolute atomic E-state index is 15.3. The summed E-state index contributed by atoms with van der Waals surface area (Å²) in [6.07, 6.45) is 10.5. The van der Waals surface area contributed by atoms with Crippen LogP contribution in [0.15, 0.2) is 90.5 Å². The van der Waals surface area contributed by atoms with Gasteiger partial charge in [0.15, 0.2) is 5.78 Å². The van der Waals surface area contributed by atoms with Gasteiger partial charge < -0.3 is 29.9 Å². The second-order valence-electron chi connectivity index (χ2n) is 18.2. The maximum atomic E-state index is 15.3.